The number of carbonyl (C=O) groups is 2. The zero-order valence-electron chi connectivity index (χ0n) is 19.5. The molecule has 0 N–H and O–H groups in total. The third kappa shape index (κ3) is 6.03. The van der Waals surface area contributed by atoms with Gasteiger partial charge in [-0.1, -0.05) is 59.1 Å². The summed E-state index contributed by atoms with van der Waals surface area (Å²) in [6, 6.07) is 15.2. The fraction of sp³-hybridized carbons (Fsp3) is 0.185. The van der Waals surface area contributed by atoms with Gasteiger partial charge < -0.3 is 9.47 Å². The number of amides is 2. The number of hydrogen-bond donors (Lipinski definition) is 0. The number of aryl methyl sites for hydroxylation is 1. The van der Waals surface area contributed by atoms with Crippen molar-refractivity contribution in [3.63, 3.8) is 0 Å². The van der Waals surface area contributed by atoms with Crippen LogP contribution < -0.4 is 9.47 Å². The maximum atomic E-state index is 13.3. The van der Waals surface area contributed by atoms with E-state index in [1.54, 1.807) is 18.2 Å². The van der Waals surface area contributed by atoms with Gasteiger partial charge in [0.15, 0.2) is 11.5 Å². The molecule has 0 saturated carbocycles. The minimum atomic E-state index is -0.494. The highest BCUT2D eigenvalue weighted by molar-refractivity contribution is 8.18. The molecule has 36 heavy (non-hydrogen) atoms. The van der Waals surface area contributed by atoms with Gasteiger partial charge in [-0.25, -0.2) is 4.39 Å². The average Bonchev–Trinajstić information content (AvgIpc) is 3.08. The van der Waals surface area contributed by atoms with Crippen LogP contribution in [-0.2, 0) is 17.9 Å². The molecule has 2 amide bonds. The summed E-state index contributed by atoms with van der Waals surface area (Å²) >= 11 is 13.4. The second kappa shape index (κ2) is 11.4. The van der Waals surface area contributed by atoms with Crippen molar-refractivity contribution in [3.8, 4) is 11.5 Å². The van der Waals surface area contributed by atoms with E-state index >= 15 is 0 Å². The van der Waals surface area contributed by atoms with Crippen LogP contribution in [0.4, 0.5) is 9.18 Å². The number of ether oxygens (including phenoxy) is 2. The van der Waals surface area contributed by atoms with Crippen molar-refractivity contribution < 1.29 is 23.5 Å². The molecule has 0 bridgehead atoms. The smallest absolute Gasteiger partial charge is 0.293 e. The number of hydrogen-bond acceptors (Lipinski definition) is 5. The lowest BCUT2D eigenvalue weighted by Gasteiger charge is -2.15. The third-order valence-electron chi connectivity index (χ3n) is 5.35. The maximum absolute atomic E-state index is 13.3. The van der Waals surface area contributed by atoms with Gasteiger partial charge in [0.05, 0.1) is 23.1 Å². The first kappa shape index (κ1) is 26.1. The Morgan fingerprint density at radius 3 is 2.44 bits per heavy atom. The van der Waals surface area contributed by atoms with Crippen molar-refractivity contribution >= 4 is 52.2 Å². The minimum Gasteiger partial charge on any atom is -0.490 e. The van der Waals surface area contributed by atoms with Crippen molar-refractivity contribution in [2.24, 2.45) is 0 Å². The van der Waals surface area contributed by atoms with Gasteiger partial charge in [-0.3, -0.25) is 14.5 Å². The molecule has 0 unspecified atom stereocenters. The fourth-order valence-corrected chi connectivity index (χ4v) is 4.86. The molecule has 0 atom stereocenters. The number of halogens is 3. The lowest BCUT2D eigenvalue weighted by molar-refractivity contribution is -0.123. The summed E-state index contributed by atoms with van der Waals surface area (Å²) in [5.74, 6) is -0.138. The van der Waals surface area contributed by atoms with Gasteiger partial charge in [-0.15, -0.1) is 0 Å². The second-order valence-corrected chi connectivity index (χ2v) is 9.85. The van der Waals surface area contributed by atoms with Crippen LogP contribution >= 0.6 is 35.0 Å². The summed E-state index contributed by atoms with van der Waals surface area (Å²) in [4.78, 5) is 26.8. The van der Waals surface area contributed by atoms with E-state index in [2.05, 4.69) is 0 Å². The molecule has 0 aromatic heterocycles. The summed E-state index contributed by atoms with van der Waals surface area (Å²) < 4.78 is 25.1. The second-order valence-electron chi connectivity index (χ2n) is 8.04. The zero-order chi connectivity index (χ0) is 25.8. The third-order valence-corrected chi connectivity index (χ3v) is 6.89. The number of imide groups is 1. The molecule has 9 heteroatoms. The summed E-state index contributed by atoms with van der Waals surface area (Å²) in [5, 5.41) is 0.0184. The van der Waals surface area contributed by atoms with Gasteiger partial charge >= 0.3 is 0 Å². The van der Waals surface area contributed by atoms with Crippen molar-refractivity contribution in [3.05, 3.63) is 97.6 Å². The Kier molecular flexibility index (Phi) is 8.24. The lowest BCUT2D eigenvalue weighted by Crippen LogP contribution is -2.27. The first-order chi connectivity index (χ1) is 17.2. The van der Waals surface area contributed by atoms with Crippen molar-refractivity contribution in [1.82, 2.24) is 4.90 Å². The molecular formula is C27H22Cl2FNO4S. The molecule has 3 aromatic rings. The van der Waals surface area contributed by atoms with Crippen molar-refractivity contribution in [1.29, 1.82) is 0 Å². The van der Waals surface area contributed by atoms with Crippen molar-refractivity contribution in [2.75, 3.05) is 6.61 Å². The van der Waals surface area contributed by atoms with Gasteiger partial charge in [-0.05, 0) is 72.6 Å². The number of carbonyl (C=O) groups excluding carboxylic acids is 2. The quantitative estimate of drug-likeness (QED) is 0.272. The van der Waals surface area contributed by atoms with Crippen LogP contribution in [0, 0.1) is 12.7 Å². The Labute approximate surface area is 222 Å². The van der Waals surface area contributed by atoms with Gasteiger partial charge in [0.1, 0.15) is 12.4 Å². The molecule has 1 fully saturated rings. The fourth-order valence-electron chi connectivity index (χ4n) is 3.52. The Morgan fingerprint density at radius 2 is 1.75 bits per heavy atom. The van der Waals surface area contributed by atoms with E-state index < -0.39 is 17.0 Å². The standard InChI is InChI=1S/C27H22Cl2FNO4S/c1-3-34-23-11-18(10-22(29)25(23)35-15-17-6-4-16(2)5-7-17)12-24-26(32)31(27(33)36-24)14-19-8-9-20(30)13-21(19)28/h4-13H,3,14-15H2,1-2H3/b24-12-. The topological polar surface area (TPSA) is 55.8 Å². The van der Waals surface area contributed by atoms with Crippen LogP contribution in [0.5, 0.6) is 11.5 Å². The molecular weight excluding hydrogens is 524 g/mol. The normalized spacial score (nSPS) is 14.6. The van der Waals surface area contributed by atoms with Gasteiger partial charge in [0, 0.05) is 5.02 Å². The predicted octanol–water partition coefficient (Wildman–Crippen LogP) is 7.66. The van der Waals surface area contributed by atoms with Crippen LogP contribution in [0.15, 0.2) is 59.5 Å². The maximum Gasteiger partial charge on any atom is 0.293 e. The molecule has 186 valence electrons. The predicted molar refractivity (Wildman–Crippen MR) is 141 cm³/mol. The molecule has 1 aliphatic heterocycles. The molecule has 3 aromatic carbocycles. The first-order valence-electron chi connectivity index (χ1n) is 11.1. The van der Waals surface area contributed by atoms with Gasteiger partial charge in [0.2, 0.25) is 0 Å². The van der Waals surface area contributed by atoms with E-state index in [1.165, 1.54) is 12.1 Å². The molecule has 0 aliphatic carbocycles. The van der Waals surface area contributed by atoms with E-state index in [9.17, 15) is 14.0 Å². The largest absolute Gasteiger partial charge is 0.490 e. The van der Waals surface area contributed by atoms with E-state index in [1.807, 2.05) is 38.1 Å². The highest BCUT2D eigenvalue weighted by Gasteiger charge is 2.35. The molecule has 1 heterocycles. The molecule has 4 rings (SSSR count). The Balaban J connectivity index is 1.55. The first-order valence-corrected chi connectivity index (χ1v) is 12.7. The Bertz CT molecular complexity index is 1340. The summed E-state index contributed by atoms with van der Waals surface area (Å²) in [6.45, 7) is 4.49. The molecule has 0 spiro atoms. The van der Waals surface area contributed by atoms with Crippen LogP contribution in [0.2, 0.25) is 10.0 Å². The molecule has 5 nitrogen and oxygen atoms in total. The van der Waals surface area contributed by atoms with Crippen LogP contribution in [0.25, 0.3) is 6.08 Å². The van der Waals surface area contributed by atoms with E-state index in [0.29, 0.717) is 40.9 Å². The summed E-state index contributed by atoms with van der Waals surface area (Å²) in [6.07, 6.45) is 1.58. The number of benzene rings is 3. The Hall–Kier alpha value is -3.00. The van der Waals surface area contributed by atoms with Crippen LogP contribution in [-0.4, -0.2) is 22.7 Å². The Morgan fingerprint density at radius 1 is 1.00 bits per heavy atom. The van der Waals surface area contributed by atoms with Crippen LogP contribution in [0.3, 0.4) is 0 Å². The monoisotopic (exact) mass is 545 g/mol. The highest BCUT2D eigenvalue weighted by atomic mass is 35.5. The molecule has 0 radical (unpaired) electrons. The number of thioether (sulfide) groups is 1. The van der Waals surface area contributed by atoms with E-state index in [4.69, 9.17) is 32.7 Å². The number of nitrogens with zero attached hydrogens (tertiary/aromatic N) is 1. The SMILES string of the molecule is CCOc1cc(/C=C2\SC(=O)N(Cc3ccc(F)cc3Cl)C2=O)cc(Cl)c1OCc1ccc(C)cc1. The van der Waals surface area contributed by atoms with Gasteiger partial charge in [0.25, 0.3) is 11.1 Å². The van der Waals surface area contributed by atoms with E-state index in [0.717, 1.165) is 33.9 Å². The molecule has 1 aliphatic rings. The zero-order valence-corrected chi connectivity index (χ0v) is 21.8. The number of rotatable bonds is 8. The van der Waals surface area contributed by atoms with Crippen LogP contribution in [0.1, 0.15) is 29.2 Å². The van der Waals surface area contributed by atoms with Gasteiger partial charge in [-0.2, -0.15) is 0 Å². The lowest BCUT2D eigenvalue weighted by atomic mass is 10.1. The average molecular weight is 546 g/mol. The highest BCUT2D eigenvalue weighted by Crippen LogP contribution is 2.40. The van der Waals surface area contributed by atoms with Crippen molar-refractivity contribution in [2.45, 2.75) is 27.0 Å². The summed E-state index contributed by atoms with van der Waals surface area (Å²) in [7, 11) is 0. The summed E-state index contributed by atoms with van der Waals surface area (Å²) in [5.41, 5.74) is 3.19. The van der Waals surface area contributed by atoms with E-state index in [-0.39, 0.29) is 16.5 Å². The molecule has 1 saturated heterocycles. The minimum absolute atomic E-state index is 0.0577.